The molecule has 0 aromatic heterocycles. The van der Waals surface area contributed by atoms with Crippen LogP contribution in [0.1, 0.15) is 25.2 Å². The first-order chi connectivity index (χ1) is 8.03. The third-order valence-corrected chi connectivity index (χ3v) is 4.80. The Labute approximate surface area is 107 Å². The van der Waals surface area contributed by atoms with Gasteiger partial charge in [0, 0.05) is 10.6 Å². The van der Waals surface area contributed by atoms with Crippen molar-refractivity contribution in [2.75, 3.05) is 13.2 Å². The Bertz CT molecular complexity index is 386. The van der Waals surface area contributed by atoms with Crippen LogP contribution in [0.15, 0.2) is 24.3 Å². The Morgan fingerprint density at radius 3 is 2.12 bits per heavy atom. The van der Waals surface area contributed by atoms with Crippen LogP contribution in [0.25, 0.3) is 0 Å². The van der Waals surface area contributed by atoms with E-state index in [4.69, 9.17) is 20.6 Å². The summed E-state index contributed by atoms with van der Waals surface area (Å²) in [6.45, 7) is 4.22. The summed E-state index contributed by atoms with van der Waals surface area (Å²) < 4.78 is 23.0. The molecule has 17 heavy (non-hydrogen) atoms. The van der Waals surface area contributed by atoms with Crippen LogP contribution in [-0.4, -0.2) is 13.2 Å². The molecule has 1 aromatic rings. The van der Waals surface area contributed by atoms with Gasteiger partial charge in [-0.25, -0.2) is 0 Å². The van der Waals surface area contributed by atoms with E-state index in [0.717, 1.165) is 5.56 Å². The maximum atomic E-state index is 12.5. The lowest BCUT2D eigenvalue weighted by Crippen LogP contribution is -2.53. The van der Waals surface area contributed by atoms with Gasteiger partial charge in [-0.2, -0.15) is 0 Å². The van der Waals surface area contributed by atoms with Gasteiger partial charge < -0.3 is 14.8 Å². The highest BCUT2D eigenvalue weighted by atomic mass is 35.5. The van der Waals surface area contributed by atoms with Crippen LogP contribution < -0.4 is 5.73 Å². The molecule has 3 N–H and O–H groups in total. The van der Waals surface area contributed by atoms with Crippen LogP contribution in [-0.2, 0) is 13.6 Å². The summed E-state index contributed by atoms with van der Waals surface area (Å²) in [5.41, 5.74) is 4.68. The molecule has 0 unspecified atom stereocenters. The van der Waals surface area contributed by atoms with Crippen molar-refractivity contribution >= 4 is 19.2 Å². The van der Waals surface area contributed by atoms with E-state index in [-0.39, 0.29) is 0 Å². The molecule has 0 aliphatic rings. The molecule has 0 saturated carbocycles. The van der Waals surface area contributed by atoms with E-state index < -0.39 is 13.4 Å². The molecule has 0 fully saturated rings. The minimum atomic E-state index is -3.20. The van der Waals surface area contributed by atoms with Crippen LogP contribution in [0.2, 0.25) is 5.02 Å². The van der Waals surface area contributed by atoms with E-state index in [0.29, 0.717) is 18.2 Å². The van der Waals surface area contributed by atoms with E-state index >= 15 is 0 Å². The lowest BCUT2D eigenvalue weighted by Gasteiger charge is -2.20. The number of quaternary nitrogens is 1. The molecule has 0 heterocycles. The van der Waals surface area contributed by atoms with E-state index in [1.807, 2.05) is 0 Å². The maximum absolute atomic E-state index is 12.5. The average molecular weight is 279 g/mol. The summed E-state index contributed by atoms with van der Waals surface area (Å²) >= 11 is 5.80. The van der Waals surface area contributed by atoms with Crippen molar-refractivity contribution in [3.05, 3.63) is 34.9 Å². The fourth-order valence-corrected chi connectivity index (χ4v) is 3.26. The number of hydrogen-bond donors (Lipinski definition) is 1. The van der Waals surface area contributed by atoms with Crippen LogP contribution in [0.5, 0.6) is 0 Å². The van der Waals surface area contributed by atoms with Crippen molar-refractivity contribution in [3.63, 3.8) is 0 Å². The summed E-state index contributed by atoms with van der Waals surface area (Å²) in [7, 11) is -3.20. The van der Waals surface area contributed by atoms with Gasteiger partial charge in [-0.1, -0.05) is 23.7 Å². The Kier molecular flexibility index (Phi) is 5.63. The van der Waals surface area contributed by atoms with E-state index in [2.05, 4.69) is 5.73 Å². The Morgan fingerprint density at radius 1 is 1.24 bits per heavy atom. The van der Waals surface area contributed by atoms with Gasteiger partial charge in [-0.05, 0) is 26.0 Å². The van der Waals surface area contributed by atoms with Crippen molar-refractivity contribution in [2.24, 2.45) is 0 Å². The number of rotatable bonds is 6. The molecule has 0 spiro atoms. The summed E-state index contributed by atoms with van der Waals surface area (Å²) in [5, 5.41) is 0.628. The van der Waals surface area contributed by atoms with Gasteiger partial charge in [0.15, 0.2) is 0 Å². The Morgan fingerprint density at radius 2 is 1.71 bits per heavy atom. The summed E-state index contributed by atoms with van der Waals surface area (Å²) in [6.07, 6.45) is 0. The monoisotopic (exact) mass is 278 g/mol. The van der Waals surface area contributed by atoms with Crippen LogP contribution in [0.3, 0.4) is 0 Å². The van der Waals surface area contributed by atoms with E-state index in [1.165, 1.54) is 0 Å². The highest BCUT2D eigenvalue weighted by Gasteiger charge is 2.37. The van der Waals surface area contributed by atoms with Gasteiger partial charge in [0.05, 0.1) is 13.2 Å². The van der Waals surface area contributed by atoms with Crippen molar-refractivity contribution in [2.45, 2.75) is 19.6 Å². The predicted octanol–water partition coefficient (Wildman–Crippen LogP) is 2.85. The highest BCUT2D eigenvalue weighted by Crippen LogP contribution is 2.57. The minimum absolute atomic E-state index is 0.330. The maximum Gasteiger partial charge on any atom is 0.392 e. The molecule has 6 heteroatoms. The fraction of sp³-hybridized carbons (Fsp3) is 0.455. The first-order valence-electron chi connectivity index (χ1n) is 5.50. The third kappa shape index (κ3) is 3.80. The molecule has 4 nitrogen and oxygen atoms in total. The molecule has 0 aliphatic heterocycles. The topological polar surface area (TPSA) is 63.2 Å². The molecule has 0 amide bonds. The normalized spacial score (nSPS) is 13.6. The predicted molar refractivity (Wildman–Crippen MR) is 67.9 cm³/mol. The Balaban J connectivity index is 2.95. The van der Waals surface area contributed by atoms with Gasteiger partial charge in [0.25, 0.3) is 0 Å². The van der Waals surface area contributed by atoms with Crippen molar-refractivity contribution in [3.8, 4) is 0 Å². The molecule has 1 aromatic carbocycles. The second-order valence-corrected chi connectivity index (χ2v) is 6.10. The van der Waals surface area contributed by atoms with Gasteiger partial charge in [0.2, 0.25) is 5.78 Å². The van der Waals surface area contributed by atoms with Crippen LogP contribution >= 0.6 is 19.2 Å². The molecule has 1 rings (SSSR count). The lowest BCUT2D eigenvalue weighted by atomic mass is 10.2. The van der Waals surface area contributed by atoms with Gasteiger partial charge in [-0.3, -0.25) is 4.57 Å². The van der Waals surface area contributed by atoms with Crippen LogP contribution in [0, 0.1) is 0 Å². The summed E-state index contributed by atoms with van der Waals surface area (Å²) in [6, 6.07) is 7.03. The largest absolute Gasteiger partial charge is 0.392 e. The standard InChI is InChI=1S/C11H17ClNO3P/c1-3-15-17(14,16-4-2)11(13)9-5-7-10(12)8-6-9/h5-8,11H,3-4,13H2,1-2H3/p+1/t11-/m0/s1. The molecule has 96 valence electrons. The smallest absolute Gasteiger partial charge is 0.341 e. The SMILES string of the molecule is CCOP(=O)(OCC)[C@H]([NH3+])c1ccc(Cl)cc1. The number of hydrogen-bond acceptors (Lipinski definition) is 3. The second kappa shape index (κ2) is 6.53. The summed E-state index contributed by atoms with van der Waals surface area (Å²) in [4.78, 5) is 0. The molecule has 0 radical (unpaired) electrons. The molecule has 0 aliphatic carbocycles. The summed E-state index contributed by atoms with van der Waals surface area (Å²) in [5.74, 6) is -0.542. The van der Waals surface area contributed by atoms with Gasteiger partial charge in [-0.15, -0.1) is 0 Å². The fourth-order valence-electron chi connectivity index (χ4n) is 1.44. The molecule has 0 saturated heterocycles. The highest BCUT2D eigenvalue weighted by molar-refractivity contribution is 7.53. The zero-order valence-electron chi connectivity index (χ0n) is 10.1. The van der Waals surface area contributed by atoms with Crippen molar-refractivity contribution < 1.29 is 19.3 Å². The third-order valence-electron chi connectivity index (χ3n) is 2.25. The number of benzene rings is 1. The zero-order valence-corrected chi connectivity index (χ0v) is 11.7. The first-order valence-corrected chi connectivity index (χ1v) is 7.49. The molecular weight excluding hydrogens is 261 g/mol. The van der Waals surface area contributed by atoms with Crippen LogP contribution in [0.4, 0.5) is 0 Å². The van der Waals surface area contributed by atoms with Gasteiger partial charge in [0.1, 0.15) is 0 Å². The van der Waals surface area contributed by atoms with Crippen molar-refractivity contribution in [1.82, 2.24) is 0 Å². The van der Waals surface area contributed by atoms with Crippen molar-refractivity contribution in [1.29, 1.82) is 0 Å². The molecule has 1 atom stereocenters. The number of halogens is 1. The molecular formula is C11H18ClNO3P+. The van der Waals surface area contributed by atoms with E-state index in [1.54, 1.807) is 38.1 Å². The average Bonchev–Trinajstić information content (AvgIpc) is 2.30. The minimum Gasteiger partial charge on any atom is -0.341 e. The quantitative estimate of drug-likeness (QED) is 0.814. The van der Waals surface area contributed by atoms with E-state index in [9.17, 15) is 4.57 Å². The second-order valence-electron chi connectivity index (χ2n) is 3.44. The lowest BCUT2D eigenvalue weighted by molar-refractivity contribution is -0.400. The first kappa shape index (κ1) is 14.7. The van der Waals surface area contributed by atoms with Gasteiger partial charge >= 0.3 is 7.60 Å². The molecule has 0 bridgehead atoms. The Hall–Kier alpha value is -0.380. The zero-order chi connectivity index (χ0) is 12.9.